The van der Waals surface area contributed by atoms with Crippen LogP contribution in [0.1, 0.15) is 18.1 Å². The Labute approximate surface area is 113 Å². The molecule has 98 valence electrons. The molecule has 19 heavy (non-hydrogen) atoms. The standard InChI is InChI=1S/C16H18N2O/c1-13-8-10-16(11-9-13)17-14(2)18-19-12-15-6-4-3-5-7-15/h3-11H,12H2,1-2H3,(H,17,18). The molecule has 1 N–H and O–H groups in total. The predicted octanol–water partition coefficient (Wildman–Crippen LogP) is 3.77. The highest BCUT2D eigenvalue weighted by molar-refractivity contribution is 5.81. The lowest BCUT2D eigenvalue weighted by atomic mass is 10.2. The van der Waals surface area contributed by atoms with E-state index in [-0.39, 0.29) is 0 Å². The first kappa shape index (κ1) is 13.3. The van der Waals surface area contributed by atoms with E-state index in [0.29, 0.717) is 6.61 Å². The summed E-state index contributed by atoms with van der Waals surface area (Å²) in [4.78, 5) is 9.81. The molecule has 0 aliphatic rings. The van der Waals surface area contributed by atoms with Crippen molar-refractivity contribution in [2.24, 2.45) is 4.99 Å². The van der Waals surface area contributed by atoms with Crippen LogP contribution in [-0.2, 0) is 11.4 Å². The average Bonchev–Trinajstić information content (AvgIpc) is 2.43. The fraction of sp³-hybridized carbons (Fsp3) is 0.188. The molecule has 2 aromatic carbocycles. The van der Waals surface area contributed by atoms with Gasteiger partial charge in [-0.3, -0.25) is 10.3 Å². The van der Waals surface area contributed by atoms with Gasteiger partial charge in [-0.1, -0.05) is 48.0 Å². The van der Waals surface area contributed by atoms with Gasteiger partial charge in [-0.25, -0.2) is 4.99 Å². The van der Waals surface area contributed by atoms with Gasteiger partial charge >= 0.3 is 0 Å². The molecule has 2 rings (SSSR count). The minimum Gasteiger partial charge on any atom is -0.270 e. The van der Waals surface area contributed by atoms with Gasteiger partial charge in [0.1, 0.15) is 5.84 Å². The summed E-state index contributed by atoms with van der Waals surface area (Å²) < 4.78 is 0. The van der Waals surface area contributed by atoms with Crippen LogP contribution in [0.4, 0.5) is 5.69 Å². The summed E-state index contributed by atoms with van der Waals surface area (Å²) in [7, 11) is 0. The van der Waals surface area contributed by atoms with E-state index in [1.807, 2.05) is 61.5 Å². The van der Waals surface area contributed by atoms with Gasteiger partial charge in [0.15, 0.2) is 0 Å². The van der Waals surface area contributed by atoms with Crippen molar-refractivity contribution in [3.05, 3.63) is 65.7 Å². The molecule has 0 heterocycles. The Morgan fingerprint density at radius 2 is 1.74 bits per heavy atom. The molecule has 0 unspecified atom stereocenters. The summed E-state index contributed by atoms with van der Waals surface area (Å²) in [6.07, 6.45) is 0. The van der Waals surface area contributed by atoms with E-state index in [9.17, 15) is 0 Å². The third-order valence-electron chi connectivity index (χ3n) is 2.63. The summed E-state index contributed by atoms with van der Waals surface area (Å²) in [6.45, 7) is 4.45. The maximum absolute atomic E-state index is 5.40. The summed E-state index contributed by atoms with van der Waals surface area (Å²) in [6, 6.07) is 18.1. The zero-order chi connectivity index (χ0) is 13.5. The van der Waals surface area contributed by atoms with Crippen molar-refractivity contribution >= 4 is 11.5 Å². The van der Waals surface area contributed by atoms with Crippen molar-refractivity contribution in [2.45, 2.75) is 20.5 Å². The summed E-state index contributed by atoms with van der Waals surface area (Å²) in [5.74, 6) is 0.736. The van der Waals surface area contributed by atoms with Crippen molar-refractivity contribution in [3.63, 3.8) is 0 Å². The third-order valence-corrected chi connectivity index (χ3v) is 2.63. The molecule has 0 saturated carbocycles. The van der Waals surface area contributed by atoms with Gasteiger partial charge in [0.25, 0.3) is 0 Å². The molecular formula is C16H18N2O. The summed E-state index contributed by atoms with van der Waals surface area (Å²) in [5, 5.41) is 0. The Morgan fingerprint density at radius 1 is 1.05 bits per heavy atom. The van der Waals surface area contributed by atoms with Crippen molar-refractivity contribution in [2.75, 3.05) is 0 Å². The second-order valence-electron chi connectivity index (χ2n) is 4.41. The van der Waals surface area contributed by atoms with Crippen LogP contribution in [0.2, 0.25) is 0 Å². The number of nitrogens with one attached hydrogen (secondary N) is 1. The van der Waals surface area contributed by atoms with E-state index in [4.69, 9.17) is 4.84 Å². The molecule has 0 aromatic heterocycles. The molecule has 0 radical (unpaired) electrons. The van der Waals surface area contributed by atoms with Crippen molar-refractivity contribution < 1.29 is 4.84 Å². The van der Waals surface area contributed by atoms with Gasteiger partial charge in [0.05, 0.1) is 12.3 Å². The molecule has 0 fully saturated rings. The first-order valence-electron chi connectivity index (χ1n) is 6.28. The molecule has 0 atom stereocenters. The monoisotopic (exact) mass is 254 g/mol. The van der Waals surface area contributed by atoms with E-state index in [2.05, 4.69) is 17.4 Å². The number of hydroxylamine groups is 1. The molecule has 0 spiro atoms. The number of aryl methyl sites for hydroxylation is 1. The number of benzene rings is 2. The second-order valence-corrected chi connectivity index (χ2v) is 4.41. The van der Waals surface area contributed by atoms with E-state index in [0.717, 1.165) is 17.1 Å². The molecule has 0 aliphatic carbocycles. The number of rotatable bonds is 4. The SMILES string of the molecule is CC(=Nc1ccc(C)cc1)NOCc1ccccc1. The molecule has 3 nitrogen and oxygen atoms in total. The zero-order valence-electron chi connectivity index (χ0n) is 11.3. The fourth-order valence-corrected chi connectivity index (χ4v) is 1.63. The lowest BCUT2D eigenvalue weighted by molar-refractivity contribution is 0.0708. The molecule has 3 heteroatoms. The number of amidine groups is 1. The van der Waals surface area contributed by atoms with Gasteiger partial charge in [-0.05, 0) is 31.5 Å². The van der Waals surface area contributed by atoms with Crippen LogP contribution >= 0.6 is 0 Å². The normalized spacial score (nSPS) is 11.4. The summed E-state index contributed by atoms with van der Waals surface area (Å²) in [5.41, 5.74) is 6.11. The molecular weight excluding hydrogens is 236 g/mol. The van der Waals surface area contributed by atoms with Crippen LogP contribution in [0, 0.1) is 6.92 Å². The molecule has 0 bridgehead atoms. The van der Waals surface area contributed by atoms with Gasteiger partial charge in [-0.15, -0.1) is 0 Å². The maximum atomic E-state index is 5.40. The van der Waals surface area contributed by atoms with Crippen LogP contribution in [-0.4, -0.2) is 5.84 Å². The Balaban J connectivity index is 1.84. The quantitative estimate of drug-likeness (QED) is 0.512. The summed E-state index contributed by atoms with van der Waals surface area (Å²) >= 11 is 0. The van der Waals surface area contributed by atoms with Gasteiger partial charge in [-0.2, -0.15) is 0 Å². The Bertz CT molecular complexity index is 532. The lowest BCUT2D eigenvalue weighted by Gasteiger charge is -2.06. The van der Waals surface area contributed by atoms with Crippen molar-refractivity contribution in [3.8, 4) is 0 Å². The van der Waals surface area contributed by atoms with E-state index in [1.54, 1.807) is 0 Å². The van der Waals surface area contributed by atoms with Gasteiger partial charge in [0.2, 0.25) is 0 Å². The van der Waals surface area contributed by atoms with Gasteiger partial charge in [0, 0.05) is 0 Å². The largest absolute Gasteiger partial charge is 0.270 e. The number of nitrogens with zero attached hydrogens (tertiary/aromatic N) is 1. The Hall–Kier alpha value is -2.13. The molecule has 0 amide bonds. The maximum Gasteiger partial charge on any atom is 0.123 e. The van der Waals surface area contributed by atoms with Crippen LogP contribution in [0.25, 0.3) is 0 Å². The predicted molar refractivity (Wildman–Crippen MR) is 78.3 cm³/mol. The van der Waals surface area contributed by atoms with E-state index >= 15 is 0 Å². The number of hydrogen-bond acceptors (Lipinski definition) is 2. The zero-order valence-corrected chi connectivity index (χ0v) is 11.3. The number of aliphatic imine (C=N–C) groups is 1. The first-order valence-corrected chi connectivity index (χ1v) is 6.28. The first-order chi connectivity index (χ1) is 9.24. The third kappa shape index (κ3) is 4.56. The Morgan fingerprint density at radius 3 is 2.42 bits per heavy atom. The van der Waals surface area contributed by atoms with E-state index < -0.39 is 0 Å². The van der Waals surface area contributed by atoms with Gasteiger partial charge < -0.3 is 0 Å². The highest BCUT2D eigenvalue weighted by atomic mass is 16.6. The highest BCUT2D eigenvalue weighted by Crippen LogP contribution is 2.12. The molecule has 2 aromatic rings. The van der Waals surface area contributed by atoms with Crippen LogP contribution in [0.5, 0.6) is 0 Å². The highest BCUT2D eigenvalue weighted by Gasteiger charge is 1.94. The molecule has 0 aliphatic heterocycles. The van der Waals surface area contributed by atoms with Crippen LogP contribution < -0.4 is 5.48 Å². The van der Waals surface area contributed by atoms with Crippen LogP contribution in [0.3, 0.4) is 0 Å². The lowest BCUT2D eigenvalue weighted by Crippen LogP contribution is -2.20. The smallest absolute Gasteiger partial charge is 0.123 e. The average molecular weight is 254 g/mol. The minimum absolute atomic E-state index is 0.515. The van der Waals surface area contributed by atoms with E-state index in [1.165, 1.54) is 5.56 Å². The topological polar surface area (TPSA) is 33.6 Å². The minimum atomic E-state index is 0.515. The van der Waals surface area contributed by atoms with Crippen molar-refractivity contribution in [1.82, 2.24) is 5.48 Å². The fourth-order valence-electron chi connectivity index (χ4n) is 1.63. The second kappa shape index (κ2) is 6.71. The van der Waals surface area contributed by atoms with Crippen molar-refractivity contribution in [1.29, 1.82) is 0 Å². The molecule has 0 saturated heterocycles. The number of hydrogen-bond donors (Lipinski definition) is 1. The van der Waals surface area contributed by atoms with Crippen LogP contribution in [0.15, 0.2) is 59.6 Å². The Kier molecular flexibility index (Phi) is 4.70.